The Morgan fingerprint density at radius 2 is 1.84 bits per heavy atom. The van der Waals surface area contributed by atoms with E-state index in [1.165, 1.54) is 18.4 Å². The molecule has 2 N–H and O–H groups in total. The normalized spacial score (nSPS) is 14.2. The number of hydrogen-bond donors (Lipinski definition) is 2. The summed E-state index contributed by atoms with van der Waals surface area (Å²) in [5.41, 5.74) is 1.17. The molecule has 0 unspecified atom stereocenters. The zero-order chi connectivity index (χ0) is 13.1. The van der Waals surface area contributed by atoms with Crippen LogP contribution in [0.15, 0.2) is 36.7 Å². The van der Waals surface area contributed by atoms with Gasteiger partial charge in [0.25, 0.3) is 0 Å². The molecular formula is C14H15ClN4. The molecule has 4 nitrogen and oxygen atoms in total. The topological polar surface area (TPSA) is 49.8 Å². The van der Waals surface area contributed by atoms with Crippen molar-refractivity contribution in [1.29, 1.82) is 0 Å². The highest BCUT2D eigenvalue weighted by atomic mass is 35.5. The van der Waals surface area contributed by atoms with Crippen molar-refractivity contribution < 1.29 is 0 Å². The van der Waals surface area contributed by atoms with Crippen LogP contribution >= 0.6 is 11.6 Å². The molecule has 98 valence electrons. The van der Waals surface area contributed by atoms with Gasteiger partial charge >= 0.3 is 0 Å². The van der Waals surface area contributed by atoms with Crippen LogP contribution < -0.4 is 10.6 Å². The minimum Gasteiger partial charge on any atom is -0.367 e. The van der Waals surface area contributed by atoms with Crippen molar-refractivity contribution in [3.63, 3.8) is 0 Å². The fourth-order valence-electron chi connectivity index (χ4n) is 1.76. The van der Waals surface area contributed by atoms with Gasteiger partial charge in [-0.2, -0.15) is 0 Å². The molecule has 1 fully saturated rings. The van der Waals surface area contributed by atoms with E-state index in [4.69, 9.17) is 11.6 Å². The van der Waals surface area contributed by atoms with Crippen molar-refractivity contribution in [3.8, 4) is 0 Å². The first-order valence-corrected chi connectivity index (χ1v) is 6.74. The minimum absolute atomic E-state index is 0.596. The van der Waals surface area contributed by atoms with E-state index in [-0.39, 0.29) is 0 Å². The van der Waals surface area contributed by atoms with Crippen LogP contribution in [0.25, 0.3) is 0 Å². The fourth-order valence-corrected chi connectivity index (χ4v) is 1.89. The molecule has 1 aliphatic carbocycles. The second kappa shape index (κ2) is 5.45. The number of hydrogen-bond acceptors (Lipinski definition) is 4. The van der Waals surface area contributed by atoms with Crippen LogP contribution in [-0.2, 0) is 6.54 Å². The smallest absolute Gasteiger partial charge is 0.131 e. The average molecular weight is 275 g/mol. The molecule has 1 aromatic heterocycles. The van der Waals surface area contributed by atoms with Gasteiger partial charge in [0.1, 0.15) is 18.0 Å². The Hall–Kier alpha value is -1.81. The molecule has 1 aliphatic rings. The van der Waals surface area contributed by atoms with Crippen LogP contribution in [-0.4, -0.2) is 16.0 Å². The molecular weight excluding hydrogens is 260 g/mol. The van der Waals surface area contributed by atoms with Crippen molar-refractivity contribution in [2.24, 2.45) is 0 Å². The maximum Gasteiger partial charge on any atom is 0.131 e. The number of benzene rings is 1. The molecule has 1 heterocycles. The highest BCUT2D eigenvalue weighted by Gasteiger charge is 2.21. The van der Waals surface area contributed by atoms with Gasteiger partial charge in [-0.1, -0.05) is 23.7 Å². The lowest BCUT2D eigenvalue weighted by molar-refractivity contribution is 1.05. The lowest BCUT2D eigenvalue weighted by atomic mass is 10.2. The lowest BCUT2D eigenvalue weighted by Crippen LogP contribution is -2.06. The van der Waals surface area contributed by atoms with Crippen molar-refractivity contribution in [2.45, 2.75) is 25.4 Å². The highest BCUT2D eigenvalue weighted by Crippen LogP contribution is 2.24. The molecule has 2 aromatic rings. The number of halogens is 1. The molecule has 1 aromatic carbocycles. The van der Waals surface area contributed by atoms with Crippen LogP contribution in [0.4, 0.5) is 11.6 Å². The summed E-state index contributed by atoms with van der Waals surface area (Å²) in [6.45, 7) is 0.719. The van der Waals surface area contributed by atoms with Gasteiger partial charge in [-0.05, 0) is 30.5 Å². The van der Waals surface area contributed by atoms with Gasteiger partial charge < -0.3 is 10.6 Å². The van der Waals surface area contributed by atoms with Gasteiger partial charge in [0.05, 0.1) is 0 Å². The Morgan fingerprint density at radius 1 is 1.11 bits per heavy atom. The number of anilines is 2. The summed E-state index contributed by atoms with van der Waals surface area (Å²) in [7, 11) is 0. The molecule has 0 spiro atoms. The molecule has 5 heteroatoms. The van der Waals surface area contributed by atoms with Gasteiger partial charge in [0, 0.05) is 23.7 Å². The Morgan fingerprint density at radius 3 is 2.58 bits per heavy atom. The van der Waals surface area contributed by atoms with E-state index in [1.807, 2.05) is 30.3 Å². The van der Waals surface area contributed by atoms with Crippen LogP contribution in [0.3, 0.4) is 0 Å². The summed E-state index contributed by atoms with van der Waals surface area (Å²) in [6.07, 6.45) is 4.05. The molecule has 0 aliphatic heterocycles. The monoisotopic (exact) mass is 274 g/mol. The largest absolute Gasteiger partial charge is 0.367 e. The second-order valence-corrected chi connectivity index (χ2v) is 5.12. The van der Waals surface area contributed by atoms with Crippen molar-refractivity contribution >= 4 is 23.2 Å². The number of nitrogens with zero attached hydrogens (tertiary/aromatic N) is 2. The van der Waals surface area contributed by atoms with Gasteiger partial charge in [-0.25, -0.2) is 9.97 Å². The number of aromatic nitrogens is 2. The predicted octanol–water partition coefficient (Wildman–Crippen LogP) is 3.32. The Kier molecular flexibility index (Phi) is 3.51. The van der Waals surface area contributed by atoms with E-state index < -0.39 is 0 Å². The number of nitrogens with one attached hydrogen (secondary N) is 2. The van der Waals surface area contributed by atoms with Gasteiger partial charge in [-0.3, -0.25) is 0 Å². The average Bonchev–Trinajstić information content (AvgIpc) is 3.23. The molecule has 0 radical (unpaired) electrons. The Bertz CT molecular complexity index is 552. The summed E-state index contributed by atoms with van der Waals surface area (Å²) in [5, 5.41) is 7.39. The zero-order valence-corrected chi connectivity index (χ0v) is 11.2. The zero-order valence-electron chi connectivity index (χ0n) is 10.4. The standard InChI is InChI=1S/C14H15ClN4/c15-11-3-1-10(2-4-11)8-16-13-7-14(18-9-17-13)19-12-5-6-12/h1-4,7,9,12H,5-6,8H2,(H2,16,17,18,19). The lowest BCUT2D eigenvalue weighted by Gasteiger charge is -2.08. The van der Waals surface area contributed by atoms with E-state index in [9.17, 15) is 0 Å². The second-order valence-electron chi connectivity index (χ2n) is 4.69. The van der Waals surface area contributed by atoms with Crippen LogP contribution in [0.5, 0.6) is 0 Å². The molecule has 0 atom stereocenters. The maximum absolute atomic E-state index is 5.85. The molecule has 0 bridgehead atoms. The Labute approximate surface area is 117 Å². The quantitative estimate of drug-likeness (QED) is 0.878. The van der Waals surface area contributed by atoms with E-state index >= 15 is 0 Å². The van der Waals surface area contributed by atoms with Crippen molar-refractivity contribution in [1.82, 2.24) is 9.97 Å². The SMILES string of the molecule is Clc1ccc(CNc2cc(NC3CC3)ncn2)cc1. The van der Waals surface area contributed by atoms with Crippen molar-refractivity contribution in [2.75, 3.05) is 10.6 Å². The van der Waals surface area contributed by atoms with Crippen molar-refractivity contribution in [3.05, 3.63) is 47.2 Å². The van der Waals surface area contributed by atoms with Gasteiger partial charge in [0.2, 0.25) is 0 Å². The highest BCUT2D eigenvalue weighted by molar-refractivity contribution is 6.30. The third-order valence-corrected chi connectivity index (χ3v) is 3.24. The molecule has 3 rings (SSSR count). The first kappa shape index (κ1) is 12.2. The maximum atomic E-state index is 5.85. The summed E-state index contributed by atoms with van der Waals surface area (Å²) < 4.78 is 0. The third-order valence-electron chi connectivity index (χ3n) is 2.98. The molecule has 19 heavy (non-hydrogen) atoms. The Balaban J connectivity index is 1.60. The summed E-state index contributed by atoms with van der Waals surface area (Å²) >= 11 is 5.85. The molecule has 0 saturated heterocycles. The van der Waals surface area contributed by atoms with Gasteiger partial charge in [0.15, 0.2) is 0 Å². The fraction of sp³-hybridized carbons (Fsp3) is 0.286. The van der Waals surface area contributed by atoms with Crippen LogP contribution in [0, 0.1) is 0 Å². The van der Waals surface area contributed by atoms with Crippen LogP contribution in [0.2, 0.25) is 5.02 Å². The summed E-state index contributed by atoms with van der Waals surface area (Å²) in [4.78, 5) is 8.42. The van der Waals surface area contributed by atoms with E-state index in [0.717, 1.165) is 23.2 Å². The van der Waals surface area contributed by atoms with E-state index in [2.05, 4.69) is 20.6 Å². The summed E-state index contributed by atoms with van der Waals surface area (Å²) in [5.74, 6) is 1.71. The van der Waals surface area contributed by atoms with Gasteiger partial charge in [-0.15, -0.1) is 0 Å². The van der Waals surface area contributed by atoms with E-state index in [0.29, 0.717) is 6.04 Å². The first-order valence-electron chi connectivity index (χ1n) is 6.36. The predicted molar refractivity (Wildman–Crippen MR) is 77.5 cm³/mol. The number of rotatable bonds is 5. The minimum atomic E-state index is 0.596. The third kappa shape index (κ3) is 3.58. The van der Waals surface area contributed by atoms with E-state index in [1.54, 1.807) is 6.33 Å². The summed E-state index contributed by atoms with van der Waals surface area (Å²) in [6, 6.07) is 10.3. The first-order chi connectivity index (χ1) is 9.29. The van der Waals surface area contributed by atoms with Crippen LogP contribution in [0.1, 0.15) is 18.4 Å². The molecule has 1 saturated carbocycles. The molecule has 0 amide bonds.